The van der Waals surface area contributed by atoms with Crippen LogP contribution in [-0.2, 0) is 15.8 Å². The minimum atomic E-state index is -3.50. The third-order valence-electron chi connectivity index (χ3n) is 3.35. The lowest BCUT2D eigenvalue weighted by molar-refractivity contribution is -0.368. The van der Waals surface area contributed by atoms with Gasteiger partial charge in [0.2, 0.25) is 0 Å². The molecule has 1 aliphatic heterocycles. The third-order valence-corrected chi connectivity index (χ3v) is 4.50. The van der Waals surface area contributed by atoms with Crippen molar-refractivity contribution in [3.63, 3.8) is 0 Å². The van der Waals surface area contributed by atoms with Crippen LogP contribution in [0.4, 0.5) is 0 Å². The Morgan fingerprint density at radius 1 is 1.24 bits per heavy atom. The molecule has 7 heteroatoms. The van der Waals surface area contributed by atoms with E-state index >= 15 is 0 Å². The molecule has 21 heavy (non-hydrogen) atoms. The van der Waals surface area contributed by atoms with Gasteiger partial charge in [0.25, 0.3) is 10.0 Å². The van der Waals surface area contributed by atoms with Crippen molar-refractivity contribution in [3.8, 4) is 5.75 Å². The number of hydrogen-bond donors (Lipinski definition) is 2. The fraction of sp³-hybridized carbons (Fsp3) is 0.500. The van der Waals surface area contributed by atoms with Crippen molar-refractivity contribution in [2.75, 3.05) is 13.2 Å². The van der Waals surface area contributed by atoms with Crippen LogP contribution in [-0.4, -0.2) is 27.4 Å². The fourth-order valence-electron chi connectivity index (χ4n) is 2.35. The van der Waals surface area contributed by atoms with E-state index in [0.717, 1.165) is 32.2 Å². The van der Waals surface area contributed by atoms with Crippen molar-refractivity contribution < 1.29 is 18.9 Å². The third kappa shape index (κ3) is 4.18. The topological polar surface area (TPSA) is 109 Å². The summed E-state index contributed by atoms with van der Waals surface area (Å²) in [5.41, 5.74) is 10.9. The van der Waals surface area contributed by atoms with Crippen molar-refractivity contribution in [1.82, 2.24) is 0 Å². The van der Waals surface area contributed by atoms with Gasteiger partial charge in [0.15, 0.2) is 0 Å². The highest BCUT2D eigenvalue weighted by Crippen LogP contribution is 2.28. The van der Waals surface area contributed by atoms with Crippen LogP contribution in [0, 0.1) is 0 Å². The predicted octanol–water partition coefficient (Wildman–Crippen LogP) is 0.416. The van der Waals surface area contributed by atoms with E-state index in [1.165, 1.54) is 0 Å². The molecule has 0 fully saturated rings. The van der Waals surface area contributed by atoms with Crippen LogP contribution in [0.5, 0.6) is 5.75 Å². The molecule has 5 N–H and O–H groups in total. The molecule has 2 rings (SSSR count). The van der Waals surface area contributed by atoms with Gasteiger partial charge in [-0.05, 0) is 37.3 Å². The van der Waals surface area contributed by atoms with Crippen LogP contribution >= 0.6 is 0 Å². The Kier molecular flexibility index (Phi) is 5.19. The molecule has 0 spiro atoms. The number of hydrogen-bond acceptors (Lipinski definition) is 4. The van der Waals surface area contributed by atoms with Gasteiger partial charge >= 0.3 is 0 Å². The summed E-state index contributed by atoms with van der Waals surface area (Å²) in [6.45, 7) is 1.56. The zero-order valence-corrected chi connectivity index (χ0v) is 12.9. The number of ether oxygens (including phenoxy) is 1. The lowest BCUT2D eigenvalue weighted by atomic mass is 10.1. The van der Waals surface area contributed by atoms with Gasteiger partial charge in [0.1, 0.15) is 11.6 Å². The standard InChI is InChI=1S/C14H21N3O3S/c15-8-3-1-2-4-9-20-12-7-5-6-11-10-21(18,19)17-14(16)13(11)12/h5-7H,1-4,8-10,15H2,(H2,16,17)/p+1. The zero-order chi connectivity index (χ0) is 15.3. The van der Waals surface area contributed by atoms with E-state index in [1.807, 2.05) is 0 Å². The monoisotopic (exact) mass is 312 g/mol. The molecule has 0 atom stereocenters. The lowest BCUT2D eigenvalue weighted by Gasteiger charge is -2.18. The first kappa shape index (κ1) is 15.8. The molecule has 0 radical (unpaired) electrons. The van der Waals surface area contributed by atoms with E-state index < -0.39 is 10.0 Å². The Morgan fingerprint density at radius 3 is 2.76 bits per heavy atom. The molecular weight excluding hydrogens is 290 g/mol. The van der Waals surface area contributed by atoms with E-state index in [2.05, 4.69) is 10.1 Å². The summed E-state index contributed by atoms with van der Waals surface area (Å²) in [6, 6.07) is 5.33. The Morgan fingerprint density at radius 2 is 2.00 bits per heavy atom. The number of quaternary nitrogens is 1. The SMILES string of the molecule is NC1=NS(=O)(=O)Cc2cccc(OCCCCCC[NH3+])c21. The summed E-state index contributed by atoms with van der Waals surface area (Å²) in [5.74, 6) is 0.508. The van der Waals surface area contributed by atoms with Gasteiger partial charge in [0.05, 0.1) is 24.5 Å². The van der Waals surface area contributed by atoms with Gasteiger partial charge in [-0.25, -0.2) is 8.42 Å². The molecule has 0 aliphatic carbocycles. The number of rotatable bonds is 7. The number of fused-ring (bicyclic) bond motifs is 1. The number of unbranched alkanes of at least 4 members (excludes halogenated alkanes) is 3. The summed E-state index contributed by atoms with van der Waals surface area (Å²) < 4.78 is 32.5. The quantitative estimate of drug-likeness (QED) is 0.711. The van der Waals surface area contributed by atoms with Crippen molar-refractivity contribution in [2.24, 2.45) is 10.1 Å². The summed E-state index contributed by atoms with van der Waals surface area (Å²) >= 11 is 0. The van der Waals surface area contributed by atoms with Crippen LogP contribution < -0.4 is 16.2 Å². The largest absolute Gasteiger partial charge is 0.493 e. The van der Waals surface area contributed by atoms with Crippen molar-refractivity contribution in [1.29, 1.82) is 0 Å². The van der Waals surface area contributed by atoms with Gasteiger partial charge in [-0.15, -0.1) is 4.40 Å². The molecule has 1 aromatic rings. The molecular formula is C14H22N3O3S+. The lowest BCUT2D eigenvalue weighted by Crippen LogP contribution is -2.50. The molecule has 1 aliphatic rings. The smallest absolute Gasteiger partial charge is 0.259 e. The van der Waals surface area contributed by atoms with E-state index in [4.69, 9.17) is 10.5 Å². The first-order valence-electron chi connectivity index (χ1n) is 7.16. The normalized spacial score (nSPS) is 16.1. The van der Waals surface area contributed by atoms with Gasteiger partial charge in [-0.2, -0.15) is 0 Å². The van der Waals surface area contributed by atoms with Gasteiger partial charge in [-0.3, -0.25) is 0 Å². The van der Waals surface area contributed by atoms with Crippen molar-refractivity contribution >= 4 is 15.9 Å². The molecule has 1 heterocycles. The molecule has 0 amide bonds. The molecule has 6 nitrogen and oxygen atoms in total. The second-order valence-electron chi connectivity index (χ2n) is 5.11. The number of nitrogens with two attached hydrogens (primary N) is 1. The maximum atomic E-state index is 11.6. The summed E-state index contributed by atoms with van der Waals surface area (Å²) in [4.78, 5) is 0. The van der Waals surface area contributed by atoms with Gasteiger partial charge in [0, 0.05) is 0 Å². The summed E-state index contributed by atoms with van der Waals surface area (Å²) in [6.07, 6.45) is 4.35. The predicted molar refractivity (Wildman–Crippen MR) is 81.5 cm³/mol. The molecule has 0 unspecified atom stereocenters. The number of amidine groups is 1. The second kappa shape index (κ2) is 6.91. The Hall–Kier alpha value is -1.60. The highest BCUT2D eigenvalue weighted by atomic mass is 32.2. The maximum absolute atomic E-state index is 11.6. The van der Waals surface area contributed by atoms with Crippen molar-refractivity contribution in [3.05, 3.63) is 29.3 Å². The van der Waals surface area contributed by atoms with E-state index in [9.17, 15) is 8.42 Å². The highest BCUT2D eigenvalue weighted by molar-refractivity contribution is 7.89. The molecule has 116 valence electrons. The Bertz CT molecular complexity index is 626. The first-order chi connectivity index (χ1) is 10.0. The molecule has 0 aromatic heterocycles. The van der Waals surface area contributed by atoms with E-state index in [1.54, 1.807) is 18.2 Å². The van der Waals surface area contributed by atoms with Crippen LogP contribution in [0.1, 0.15) is 36.8 Å². The fourth-order valence-corrected chi connectivity index (χ4v) is 3.44. The summed E-state index contributed by atoms with van der Waals surface area (Å²) in [7, 11) is -3.50. The average molecular weight is 312 g/mol. The van der Waals surface area contributed by atoms with Gasteiger partial charge in [-0.1, -0.05) is 12.1 Å². The maximum Gasteiger partial charge on any atom is 0.259 e. The van der Waals surface area contributed by atoms with E-state index in [0.29, 0.717) is 23.5 Å². The van der Waals surface area contributed by atoms with Crippen LogP contribution in [0.2, 0.25) is 0 Å². The van der Waals surface area contributed by atoms with Crippen LogP contribution in [0.25, 0.3) is 0 Å². The first-order valence-corrected chi connectivity index (χ1v) is 8.77. The number of nitrogens with zero attached hydrogens (tertiary/aromatic N) is 1. The van der Waals surface area contributed by atoms with Crippen LogP contribution in [0.3, 0.4) is 0 Å². The van der Waals surface area contributed by atoms with Crippen LogP contribution in [0.15, 0.2) is 22.6 Å². The molecule has 0 saturated carbocycles. The zero-order valence-electron chi connectivity index (χ0n) is 12.0. The van der Waals surface area contributed by atoms with Crippen molar-refractivity contribution in [2.45, 2.75) is 31.4 Å². The number of benzene rings is 1. The molecule has 0 bridgehead atoms. The molecule has 0 saturated heterocycles. The summed E-state index contributed by atoms with van der Waals surface area (Å²) in [5, 5.41) is 0. The van der Waals surface area contributed by atoms with E-state index in [-0.39, 0.29) is 11.6 Å². The Labute approximate surface area is 125 Å². The highest BCUT2D eigenvalue weighted by Gasteiger charge is 2.24. The average Bonchev–Trinajstić information content (AvgIpc) is 2.41. The van der Waals surface area contributed by atoms with Gasteiger partial charge < -0.3 is 16.2 Å². The molecule has 1 aromatic carbocycles. The minimum absolute atomic E-state index is 0.0175. The number of sulfonamides is 1. The second-order valence-corrected chi connectivity index (χ2v) is 6.74. The Balaban J connectivity index is 2.03. The minimum Gasteiger partial charge on any atom is -0.493 e.